The van der Waals surface area contributed by atoms with Crippen LogP contribution in [-0.4, -0.2) is 27.4 Å². The van der Waals surface area contributed by atoms with E-state index in [0.29, 0.717) is 22.8 Å². The summed E-state index contributed by atoms with van der Waals surface area (Å²) in [5.41, 5.74) is 1.67. The minimum absolute atomic E-state index is 0.255. The lowest BCUT2D eigenvalue weighted by molar-refractivity contribution is 0.531. The summed E-state index contributed by atoms with van der Waals surface area (Å²) in [5, 5.41) is 0. The number of aryl methyl sites for hydroxylation is 1. The molecule has 0 aliphatic carbocycles. The Morgan fingerprint density at radius 2 is 2.25 bits per heavy atom. The van der Waals surface area contributed by atoms with Crippen LogP contribution in [0.25, 0.3) is 11.0 Å². The molecule has 0 N–H and O–H groups in total. The Labute approximate surface area is 136 Å². The molecule has 1 atom stereocenters. The zero-order valence-electron chi connectivity index (χ0n) is 11.5. The quantitative estimate of drug-likeness (QED) is 0.655. The fourth-order valence-corrected chi connectivity index (χ4v) is 3.65. The van der Waals surface area contributed by atoms with Gasteiger partial charge in [0.15, 0.2) is 0 Å². The maximum atomic E-state index is 13.9. The van der Waals surface area contributed by atoms with Crippen LogP contribution in [0.1, 0.15) is 25.2 Å². The van der Waals surface area contributed by atoms with Gasteiger partial charge in [0.2, 0.25) is 0 Å². The molecule has 0 aliphatic rings. The van der Waals surface area contributed by atoms with E-state index in [1.807, 2.05) is 0 Å². The summed E-state index contributed by atoms with van der Waals surface area (Å²) in [6.45, 7) is 2.15. The first-order chi connectivity index (χ1) is 9.62. The Kier molecular flexibility index (Phi) is 5.75. The van der Waals surface area contributed by atoms with Crippen molar-refractivity contribution in [2.24, 2.45) is 0 Å². The molecule has 1 heterocycles. The smallest absolute Gasteiger partial charge is 0.139 e. The number of benzene rings is 1. The number of thioether (sulfide) groups is 1. The highest BCUT2D eigenvalue weighted by molar-refractivity contribution is 9.10. The number of rotatable bonds is 6. The molecule has 0 radical (unpaired) electrons. The fraction of sp³-hybridized carbons (Fsp3) is 0.500. The molecule has 0 spiro atoms. The van der Waals surface area contributed by atoms with Crippen molar-refractivity contribution in [3.63, 3.8) is 0 Å². The standard InChI is InChI=1S/C14H17BrClFN2S/c1-3-9(8-20-2)19-13-7-11(17)10(15)6-12(13)18-14(19)4-5-16/h6-7,9H,3-5,8H2,1-2H3. The molecule has 1 aromatic heterocycles. The SMILES string of the molecule is CCC(CSC)n1c(CCCl)nc2cc(Br)c(F)cc21. The van der Waals surface area contributed by atoms with Gasteiger partial charge in [-0.15, -0.1) is 11.6 Å². The van der Waals surface area contributed by atoms with E-state index >= 15 is 0 Å². The Hall–Kier alpha value is -0.260. The summed E-state index contributed by atoms with van der Waals surface area (Å²) in [6, 6.07) is 3.62. The first-order valence-electron chi connectivity index (χ1n) is 6.53. The van der Waals surface area contributed by atoms with Crippen molar-refractivity contribution < 1.29 is 4.39 Å². The lowest BCUT2D eigenvalue weighted by Crippen LogP contribution is -2.14. The molecule has 0 aliphatic heterocycles. The van der Waals surface area contributed by atoms with Gasteiger partial charge in [0.1, 0.15) is 11.6 Å². The van der Waals surface area contributed by atoms with Gasteiger partial charge in [-0.1, -0.05) is 6.92 Å². The van der Waals surface area contributed by atoms with Crippen LogP contribution in [0.3, 0.4) is 0 Å². The molecule has 1 unspecified atom stereocenters. The summed E-state index contributed by atoms with van der Waals surface area (Å²) >= 11 is 10.9. The summed E-state index contributed by atoms with van der Waals surface area (Å²) in [4.78, 5) is 4.63. The third-order valence-corrected chi connectivity index (χ3v) is 4.83. The normalized spacial score (nSPS) is 13.1. The molecule has 2 rings (SSSR count). The van der Waals surface area contributed by atoms with Crippen LogP contribution in [0.2, 0.25) is 0 Å². The maximum Gasteiger partial charge on any atom is 0.139 e. The third-order valence-electron chi connectivity index (χ3n) is 3.32. The molecule has 110 valence electrons. The van der Waals surface area contributed by atoms with Crippen molar-refractivity contribution in [3.8, 4) is 0 Å². The Morgan fingerprint density at radius 3 is 2.85 bits per heavy atom. The monoisotopic (exact) mass is 378 g/mol. The summed E-state index contributed by atoms with van der Waals surface area (Å²) in [7, 11) is 0. The molecular weight excluding hydrogens is 363 g/mol. The fourth-order valence-electron chi connectivity index (χ4n) is 2.38. The van der Waals surface area contributed by atoms with E-state index in [0.717, 1.165) is 29.0 Å². The molecule has 0 saturated heterocycles. The highest BCUT2D eigenvalue weighted by Gasteiger charge is 2.18. The van der Waals surface area contributed by atoms with E-state index in [2.05, 4.69) is 38.7 Å². The lowest BCUT2D eigenvalue weighted by atomic mass is 10.2. The number of nitrogens with zero attached hydrogens (tertiary/aromatic N) is 2. The van der Waals surface area contributed by atoms with Gasteiger partial charge in [-0.05, 0) is 34.7 Å². The predicted octanol–water partition coefficient (Wildman–Crippen LogP) is 5.03. The zero-order valence-corrected chi connectivity index (χ0v) is 14.7. The van der Waals surface area contributed by atoms with Crippen molar-refractivity contribution in [2.75, 3.05) is 17.9 Å². The van der Waals surface area contributed by atoms with Gasteiger partial charge in [0.05, 0.1) is 15.5 Å². The molecule has 0 bridgehead atoms. The second-order valence-electron chi connectivity index (χ2n) is 4.61. The zero-order chi connectivity index (χ0) is 14.7. The van der Waals surface area contributed by atoms with Crippen molar-refractivity contribution >= 4 is 50.3 Å². The summed E-state index contributed by atoms with van der Waals surface area (Å²) < 4.78 is 16.5. The molecule has 1 aromatic carbocycles. The van der Waals surface area contributed by atoms with E-state index in [-0.39, 0.29) is 5.82 Å². The molecule has 2 nitrogen and oxygen atoms in total. The highest BCUT2D eigenvalue weighted by atomic mass is 79.9. The molecule has 2 aromatic rings. The highest BCUT2D eigenvalue weighted by Crippen LogP contribution is 2.29. The average molecular weight is 380 g/mol. The van der Waals surface area contributed by atoms with E-state index in [9.17, 15) is 4.39 Å². The Bertz CT molecular complexity index is 602. The van der Waals surface area contributed by atoms with Crippen LogP contribution in [-0.2, 0) is 6.42 Å². The van der Waals surface area contributed by atoms with Gasteiger partial charge < -0.3 is 4.57 Å². The molecule has 20 heavy (non-hydrogen) atoms. The van der Waals surface area contributed by atoms with Crippen molar-refractivity contribution in [1.29, 1.82) is 0 Å². The van der Waals surface area contributed by atoms with Gasteiger partial charge in [0.25, 0.3) is 0 Å². The number of fused-ring (bicyclic) bond motifs is 1. The van der Waals surface area contributed by atoms with Crippen LogP contribution >= 0.6 is 39.3 Å². The number of halogens is 3. The predicted molar refractivity (Wildman–Crippen MR) is 89.5 cm³/mol. The average Bonchev–Trinajstić information content (AvgIpc) is 2.74. The Morgan fingerprint density at radius 1 is 1.50 bits per heavy atom. The topological polar surface area (TPSA) is 17.8 Å². The largest absolute Gasteiger partial charge is 0.324 e. The minimum Gasteiger partial charge on any atom is -0.324 e. The van der Waals surface area contributed by atoms with Crippen LogP contribution in [0, 0.1) is 5.82 Å². The first kappa shape index (κ1) is 16.1. The van der Waals surface area contributed by atoms with Gasteiger partial charge in [-0.3, -0.25) is 0 Å². The molecular formula is C14H17BrClFN2S. The molecule has 0 amide bonds. The van der Waals surface area contributed by atoms with Crippen LogP contribution in [0.15, 0.2) is 16.6 Å². The lowest BCUT2D eigenvalue weighted by Gasteiger charge is -2.19. The van der Waals surface area contributed by atoms with Crippen LogP contribution in [0.4, 0.5) is 4.39 Å². The van der Waals surface area contributed by atoms with Crippen molar-refractivity contribution in [3.05, 3.63) is 28.2 Å². The molecule has 0 saturated carbocycles. The van der Waals surface area contributed by atoms with E-state index in [4.69, 9.17) is 11.6 Å². The van der Waals surface area contributed by atoms with Gasteiger partial charge in [-0.25, -0.2) is 9.37 Å². The van der Waals surface area contributed by atoms with Gasteiger partial charge in [-0.2, -0.15) is 11.8 Å². The number of hydrogen-bond acceptors (Lipinski definition) is 2. The molecule has 0 fully saturated rings. The summed E-state index contributed by atoms with van der Waals surface area (Å²) in [6.07, 6.45) is 3.76. The van der Waals surface area contributed by atoms with Crippen LogP contribution in [0.5, 0.6) is 0 Å². The minimum atomic E-state index is -0.255. The molecule has 6 heteroatoms. The van der Waals surface area contributed by atoms with Crippen molar-refractivity contribution in [2.45, 2.75) is 25.8 Å². The van der Waals surface area contributed by atoms with Crippen LogP contribution < -0.4 is 0 Å². The second-order valence-corrected chi connectivity index (χ2v) is 6.75. The Balaban J connectivity index is 2.63. The number of aromatic nitrogens is 2. The van der Waals surface area contributed by atoms with E-state index in [1.165, 1.54) is 0 Å². The maximum absolute atomic E-state index is 13.9. The number of alkyl halides is 1. The van der Waals surface area contributed by atoms with E-state index < -0.39 is 0 Å². The second kappa shape index (κ2) is 7.14. The van der Waals surface area contributed by atoms with Crippen molar-refractivity contribution in [1.82, 2.24) is 9.55 Å². The summed E-state index contributed by atoms with van der Waals surface area (Å²) in [5.74, 6) is 2.18. The van der Waals surface area contributed by atoms with Gasteiger partial charge in [0, 0.05) is 30.2 Å². The third kappa shape index (κ3) is 3.15. The van der Waals surface area contributed by atoms with Gasteiger partial charge >= 0.3 is 0 Å². The first-order valence-corrected chi connectivity index (χ1v) is 9.25. The number of imidazole rings is 1. The van der Waals surface area contributed by atoms with E-state index in [1.54, 1.807) is 23.9 Å². The number of hydrogen-bond donors (Lipinski definition) is 0.